The molecular weight excluding hydrogens is 218 g/mol. The van der Waals surface area contributed by atoms with E-state index in [1.54, 1.807) is 0 Å². The zero-order valence-corrected chi connectivity index (χ0v) is 10.8. The lowest BCUT2D eigenvalue weighted by Gasteiger charge is -2.04. The summed E-state index contributed by atoms with van der Waals surface area (Å²) in [5.41, 5.74) is 3.78. The summed E-state index contributed by atoms with van der Waals surface area (Å²) in [6.45, 7) is 3.02. The summed E-state index contributed by atoms with van der Waals surface area (Å²) in [7, 11) is 0. The van der Waals surface area contributed by atoms with E-state index in [1.165, 1.54) is 16.8 Å². The number of nitrogens with one attached hydrogen (secondary N) is 1. The van der Waals surface area contributed by atoms with Crippen LogP contribution in [0, 0.1) is 0 Å². The van der Waals surface area contributed by atoms with Crippen LogP contribution in [0.1, 0.15) is 18.1 Å². The van der Waals surface area contributed by atoms with Gasteiger partial charge in [-0.1, -0.05) is 61.5 Å². The van der Waals surface area contributed by atoms with E-state index in [4.69, 9.17) is 0 Å². The highest BCUT2D eigenvalue weighted by Gasteiger charge is 1.90. The fraction of sp³-hybridized carbons (Fsp3) is 0.176. The molecule has 0 saturated carbocycles. The molecule has 2 aromatic rings. The van der Waals surface area contributed by atoms with E-state index in [9.17, 15) is 0 Å². The van der Waals surface area contributed by atoms with Crippen molar-refractivity contribution in [3.8, 4) is 0 Å². The fourth-order valence-electron chi connectivity index (χ4n) is 1.79. The van der Waals surface area contributed by atoms with Crippen LogP contribution in [0.3, 0.4) is 0 Å². The molecule has 0 aliphatic rings. The molecule has 0 aliphatic carbocycles. The van der Waals surface area contributed by atoms with Gasteiger partial charge in [0.1, 0.15) is 0 Å². The molecule has 0 atom stereocenters. The molecule has 1 heteroatoms. The van der Waals surface area contributed by atoms with Gasteiger partial charge in [-0.25, -0.2) is 0 Å². The smallest absolute Gasteiger partial charge is 0.0342 e. The number of anilines is 1. The summed E-state index contributed by atoms with van der Waals surface area (Å²) < 4.78 is 0. The van der Waals surface area contributed by atoms with Gasteiger partial charge in [-0.15, -0.1) is 0 Å². The Labute approximate surface area is 109 Å². The summed E-state index contributed by atoms with van der Waals surface area (Å²) in [5.74, 6) is 0. The van der Waals surface area contributed by atoms with Crippen molar-refractivity contribution >= 4 is 11.8 Å². The molecule has 0 unspecified atom stereocenters. The molecule has 2 rings (SSSR count). The third kappa shape index (κ3) is 3.77. The number of benzene rings is 2. The molecule has 0 spiro atoms. The topological polar surface area (TPSA) is 12.0 Å². The minimum atomic E-state index is 0.848. The van der Waals surface area contributed by atoms with Gasteiger partial charge in [-0.3, -0.25) is 0 Å². The Kier molecular flexibility index (Phi) is 4.60. The minimum Gasteiger partial charge on any atom is -0.382 e. The summed E-state index contributed by atoms with van der Waals surface area (Å²) in [6, 6.07) is 19.0. The van der Waals surface area contributed by atoms with Crippen LogP contribution in [0.15, 0.2) is 60.7 Å². The van der Waals surface area contributed by atoms with Crippen molar-refractivity contribution in [2.45, 2.75) is 13.3 Å². The molecule has 0 aromatic heterocycles. The third-order valence-corrected chi connectivity index (χ3v) is 2.90. The van der Waals surface area contributed by atoms with Crippen LogP contribution in [0.4, 0.5) is 5.69 Å². The number of hydrogen-bond acceptors (Lipinski definition) is 1. The number of hydrogen-bond donors (Lipinski definition) is 1. The van der Waals surface area contributed by atoms with E-state index >= 15 is 0 Å². The molecule has 0 amide bonds. The van der Waals surface area contributed by atoms with Crippen molar-refractivity contribution in [3.63, 3.8) is 0 Å². The monoisotopic (exact) mass is 237 g/mol. The molecular formula is C17H19N. The lowest BCUT2D eigenvalue weighted by Crippen LogP contribution is -1.97. The van der Waals surface area contributed by atoms with Gasteiger partial charge in [0.05, 0.1) is 0 Å². The SMILES string of the molecule is CCc1ccc(NCC=Cc2ccccc2)cc1. The van der Waals surface area contributed by atoms with Crippen LogP contribution in [0.5, 0.6) is 0 Å². The average Bonchev–Trinajstić information content (AvgIpc) is 2.45. The van der Waals surface area contributed by atoms with E-state index < -0.39 is 0 Å². The molecule has 1 nitrogen and oxygen atoms in total. The van der Waals surface area contributed by atoms with Gasteiger partial charge in [0.2, 0.25) is 0 Å². The molecule has 1 N–H and O–H groups in total. The van der Waals surface area contributed by atoms with Crippen molar-refractivity contribution in [1.29, 1.82) is 0 Å². The fourth-order valence-corrected chi connectivity index (χ4v) is 1.79. The van der Waals surface area contributed by atoms with Crippen LogP contribution in [-0.4, -0.2) is 6.54 Å². The Morgan fingerprint density at radius 3 is 2.33 bits per heavy atom. The molecule has 92 valence electrons. The molecule has 0 saturated heterocycles. The van der Waals surface area contributed by atoms with Crippen molar-refractivity contribution < 1.29 is 0 Å². The van der Waals surface area contributed by atoms with E-state index in [-0.39, 0.29) is 0 Å². The second kappa shape index (κ2) is 6.65. The standard InChI is InChI=1S/C17H19N/c1-2-15-10-12-17(13-11-15)18-14-6-9-16-7-4-3-5-8-16/h3-13,18H,2,14H2,1H3. The van der Waals surface area contributed by atoms with Crippen LogP contribution >= 0.6 is 0 Å². The Morgan fingerprint density at radius 2 is 1.67 bits per heavy atom. The zero-order chi connectivity index (χ0) is 12.6. The Balaban J connectivity index is 1.83. The first-order valence-corrected chi connectivity index (χ1v) is 6.43. The summed E-state index contributed by atoms with van der Waals surface area (Å²) >= 11 is 0. The highest BCUT2D eigenvalue weighted by atomic mass is 14.8. The van der Waals surface area contributed by atoms with Gasteiger partial charge < -0.3 is 5.32 Å². The van der Waals surface area contributed by atoms with Gasteiger partial charge in [-0.05, 0) is 29.7 Å². The molecule has 18 heavy (non-hydrogen) atoms. The number of rotatable bonds is 5. The maximum absolute atomic E-state index is 3.38. The van der Waals surface area contributed by atoms with Crippen LogP contribution in [0.2, 0.25) is 0 Å². The summed E-state index contributed by atoms with van der Waals surface area (Å²) in [5, 5.41) is 3.38. The molecule has 2 aromatic carbocycles. The largest absolute Gasteiger partial charge is 0.382 e. The lowest BCUT2D eigenvalue weighted by molar-refractivity contribution is 1.14. The first-order chi connectivity index (χ1) is 8.88. The first-order valence-electron chi connectivity index (χ1n) is 6.43. The van der Waals surface area contributed by atoms with E-state index in [1.807, 2.05) is 6.07 Å². The van der Waals surface area contributed by atoms with Crippen molar-refractivity contribution in [2.75, 3.05) is 11.9 Å². The van der Waals surface area contributed by atoms with Crippen molar-refractivity contribution in [2.24, 2.45) is 0 Å². The summed E-state index contributed by atoms with van der Waals surface area (Å²) in [6.07, 6.45) is 5.37. The maximum Gasteiger partial charge on any atom is 0.0342 e. The summed E-state index contributed by atoms with van der Waals surface area (Å²) in [4.78, 5) is 0. The van der Waals surface area contributed by atoms with Crippen molar-refractivity contribution in [3.05, 3.63) is 71.8 Å². The quantitative estimate of drug-likeness (QED) is 0.814. The highest BCUT2D eigenvalue weighted by Crippen LogP contribution is 2.09. The third-order valence-electron chi connectivity index (χ3n) is 2.90. The first kappa shape index (κ1) is 12.4. The van der Waals surface area contributed by atoms with Gasteiger partial charge in [0.25, 0.3) is 0 Å². The predicted molar refractivity (Wildman–Crippen MR) is 79.8 cm³/mol. The van der Waals surface area contributed by atoms with Crippen LogP contribution in [0.25, 0.3) is 6.08 Å². The average molecular weight is 237 g/mol. The second-order valence-corrected chi connectivity index (χ2v) is 4.24. The van der Waals surface area contributed by atoms with Crippen LogP contribution in [-0.2, 0) is 6.42 Å². The Hall–Kier alpha value is -2.02. The molecule has 0 radical (unpaired) electrons. The Morgan fingerprint density at radius 1 is 0.944 bits per heavy atom. The Bertz CT molecular complexity index is 483. The molecule has 0 aliphatic heterocycles. The normalized spacial score (nSPS) is 10.7. The molecule has 0 fully saturated rings. The molecule has 0 bridgehead atoms. The van der Waals surface area contributed by atoms with Crippen LogP contribution < -0.4 is 5.32 Å². The second-order valence-electron chi connectivity index (χ2n) is 4.24. The van der Waals surface area contributed by atoms with E-state index in [0.29, 0.717) is 0 Å². The number of aryl methyl sites for hydroxylation is 1. The van der Waals surface area contributed by atoms with E-state index in [0.717, 1.165) is 13.0 Å². The molecule has 0 heterocycles. The zero-order valence-electron chi connectivity index (χ0n) is 10.8. The van der Waals surface area contributed by atoms with Gasteiger partial charge in [0, 0.05) is 12.2 Å². The van der Waals surface area contributed by atoms with E-state index in [2.05, 4.69) is 72.9 Å². The van der Waals surface area contributed by atoms with Crippen molar-refractivity contribution in [1.82, 2.24) is 0 Å². The van der Waals surface area contributed by atoms with Gasteiger partial charge in [0.15, 0.2) is 0 Å². The highest BCUT2D eigenvalue weighted by molar-refractivity contribution is 5.51. The lowest BCUT2D eigenvalue weighted by atomic mass is 10.1. The minimum absolute atomic E-state index is 0.848. The van der Waals surface area contributed by atoms with Gasteiger partial charge in [-0.2, -0.15) is 0 Å². The predicted octanol–water partition coefficient (Wildman–Crippen LogP) is 4.37. The van der Waals surface area contributed by atoms with Gasteiger partial charge >= 0.3 is 0 Å². The maximum atomic E-state index is 3.38.